The smallest absolute Gasteiger partial charge is 0.258 e. The minimum atomic E-state index is -0.614. The number of rotatable bonds is 8. The Balaban J connectivity index is 1.77. The number of thiazole rings is 2. The average molecular weight is 536 g/mol. The molecule has 0 fully saturated rings. The van der Waals surface area contributed by atoms with Crippen molar-refractivity contribution in [1.82, 2.24) is 15.3 Å². The Morgan fingerprint density at radius 1 is 0.892 bits per heavy atom. The van der Waals surface area contributed by atoms with Crippen LogP contribution in [-0.4, -0.2) is 34.2 Å². The monoisotopic (exact) mass is 535 g/mol. The number of nitrogens with one attached hydrogen (secondary N) is 3. The van der Waals surface area contributed by atoms with E-state index in [1.807, 2.05) is 0 Å². The van der Waals surface area contributed by atoms with Crippen LogP contribution >= 0.6 is 22.7 Å². The van der Waals surface area contributed by atoms with Crippen molar-refractivity contribution in [3.05, 3.63) is 93.7 Å². The molecule has 188 valence electrons. The maximum absolute atomic E-state index is 15.0. The minimum Gasteiger partial charge on any atom is -0.348 e. The van der Waals surface area contributed by atoms with Crippen LogP contribution in [0.1, 0.15) is 43.6 Å². The standard InChI is InChI=1S/C26H22FN5O3S2/c1-14(2)13-30-22(33)16-4-5-18(20(10-16)24(35)32-26-29-7-9-37-26)19-11-17(12-21(27)15(19)3)23(34)31-25-28-6-8-36-25/h4-12H,1,13H2,2-3H3,(H,30,33)(H,28,31,34)(H,29,32,35). The first-order valence-electron chi connectivity index (χ1n) is 11.0. The SMILES string of the molecule is C=C(C)CNC(=O)c1ccc(-c2cc(C(=O)Nc3nccs3)cc(F)c2C)c(C(=O)Nc2nccs2)c1. The molecule has 0 saturated carbocycles. The van der Waals surface area contributed by atoms with Crippen molar-refractivity contribution < 1.29 is 18.8 Å². The fourth-order valence-electron chi connectivity index (χ4n) is 3.44. The lowest BCUT2D eigenvalue weighted by molar-refractivity contribution is 0.0956. The molecular formula is C26H22FN5O3S2. The Hall–Kier alpha value is -4.22. The predicted octanol–water partition coefficient (Wildman–Crippen LogP) is 5.52. The zero-order valence-corrected chi connectivity index (χ0v) is 21.6. The van der Waals surface area contributed by atoms with Crippen molar-refractivity contribution in [3.8, 4) is 11.1 Å². The molecule has 4 aromatic rings. The molecule has 37 heavy (non-hydrogen) atoms. The lowest BCUT2D eigenvalue weighted by Crippen LogP contribution is -2.25. The molecular weight excluding hydrogens is 513 g/mol. The van der Waals surface area contributed by atoms with Gasteiger partial charge in [0.05, 0.1) is 0 Å². The molecule has 8 nitrogen and oxygen atoms in total. The van der Waals surface area contributed by atoms with Gasteiger partial charge in [-0.25, -0.2) is 14.4 Å². The summed E-state index contributed by atoms with van der Waals surface area (Å²) in [6.45, 7) is 7.39. The summed E-state index contributed by atoms with van der Waals surface area (Å²) in [4.78, 5) is 46.9. The van der Waals surface area contributed by atoms with Gasteiger partial charge in [0, 0.05) is 46.4 Å². The molecule has 0 aliphatic rings. The van der Waals surface area contributed by atoms with Crippen LogP contribution in [0, 0.1) is 12.7 Å². The molecule has 3 amide bonds. The molecule has 0 aliphatic heterocycles. The van der Waals surface area contributed by atoms with Crippen LogP contribution in [0.15, 0.2) is 65.6 Å². The van der Waals surface area contributed by atoms with Crippen molar-refractivity contribution >= 4 is 50.7 Å². The Bertz CT molecular complexity index is 1480. The van der Waals surface area contributed by atoms with Gasteiger partial charge >= 0.3 is 0 Å². The second-order valence-electron chi connectivity index (χ2n) is 8.11. The zero-order chi connectivity index (χ0) is 26.5. The van der Waals surface area contributed by atoms with E-state index in [1.165, 1.54) is 34.8 Å². The van der Waals surface area contributed by atoms with Crippen LogP contribution in [0.3, 0.4) is 0 Å². The van der Waals surface area contributed by atoms with Gasteiger partial charge in [0.15, 0.2) is 10.3 Å². The number of anilines is 2. The Morgan fingerprint density at radius 2 is 1.54 bits per heavy atom. The highest BCUT2D eigenvalue weighted by Crippen LogP contribution is 2.32. The molecule has 0 unspecified atom stereocenters. The second-order valence-corrected chi connectivity index (χ2v) is 9.90. The number of nitrogens with zero attached hydrogens (tertiary/aromatic N) is 2. The summed E-state index contributed by atoms with van der Waals surface area (Å²) in [5.74, 6) is -2.08. The molecule has 2 heterocycles. The average Bonchev–Trinajstić information content (AvgIpc) is 3.58. The fraction of sp³-hybridized carbons (Fsp3) is 0.115. The molecule has 0 atom stereocenters. The van der Waals surface area contributed by atoms with Crippen LogP contribution in [0.4, 0.5) is 14.7 Å². The number of amides is 3. The fourth-order valence-corrected chi connectivity index (χ4v) is 4.48. The number of benzene rings is 2. The van der Waals surface area contributed by atoms with Gasteiger partial charge in [0.1, 0.15) is 5.82 Å². The van der Waals surface area contributed by atoms with Gasteiger partial charge in [-0.3, -0.25) is 25.0 Å². The highest BCUT2D eigenvalue weighted by molar-refractivity contribution is 7.14. The third-order valence-electron chi connectivity index (χ3n) is 5.28. The van der Waals surface area contributed by atoms with Gasteiger partial charge in [-0.15, -0.1) is 22.7 Å². The third kappa shape index (κ3) is 6.13. The summed E-state index contributed by atoms with van der Waals surface area (Å²) in [5.41, 5.74) is 2.12. The van der Waals surface area contributed by atoms with E-state index in [0.717, 1.165) is 11.6 Å². The van der Waals surface area contributed by atoms with Crippen molar-refractivity contribution in [2.24, 2.45) is 0 Å². The normalized spacial score (nSPS) is 10.6. The maximum Gasteiger partial charge on any atom is 0.258 e. The quantitative estimate of drug-likeness (QED) is 0.257. The zero-order valence-electron chi connectivity index (χ0n) is 19.9. The van der Waals surface area contributed by atoms with Crippen LogP contribution in [0.5, 0.6) is 0 Å². The first-order chi connectivity index (χ1) is 17.7. The highest BCUT2D eigenvalue weighted by atomic mass is 32.1. The van der Waals surface area contributed by atoms with E-state index in [2.05, 4.69) is 32.5 Å². The molecule has 0 radical (unpaired) electrons. The van der Waals surface area contributed by atoms with E-state index in [4.69, 9.17) is 0 Å². The molecule has 0 spiro atoms. The predicted molar refractivity (Wildman–Crippen MR) is 144 cm³/mol. The molecule has 2 aromatic carbocycles. The molecule has 2 aromatic heterocycles. The van der Waals surface area contributed by atoms with Crippen LogP contribution in [0.25, 0.3) is 11.1 Å². The number of carbonyl (C=O) groups excluding carboxylic acids is 3. The molecule has 0 aliphatic carbocycles. The number of carbonyl (C=O) groups is 3. The number of halogens is 1. The molecule has 0 bridgehead atoms. The van der Waals surface area contributed by atoms with Gasteiger partial charge in [-0.2, -0.15) is 0 Å². The number of hydrogen-bond donors (Lipinski definition) is 3. The van der Waals surface area contributed by atoms with Gasteiger partial charge in [-0.1, -0.05) is 18.2 Å². The maximum atomic E-state index is 15.0. The molecule has 11 heteroatoms. The second kappa shape index (κ2) is 11.2. The van der Waals surface area contributed by atoms with Crippen molar-refractivity contribution in [2.75, 3.05) is 17.2 Å². The van der Waals surface area contributed by atoms with Crippen molar-refractivity contribution in [3.63, 3.8) is 0 Å². The molecule has 0 saturated heterocycles. The van der Waals surface area contributed by atoms with Gasteiger partial charge in [0.25, 0.3) is 17.7 Å². The van der Waals surface area contributed by atoms with Gasteiger partial charge < -0.3 is 5.32 Å². The Labute approximate surface area is 220 Å². The lowest BCUT2D eigenvalue weighted by Gasteiger charge is -2.15. The van der Waals surface area contributed by atoms with E-state index < -0.39 is 23.5 Å². The van der Waals surface area contributed by atoms with E-state index in [9.17, 15) is 14.4 Å². The summed E-state index contributed by atoms with van der Waals surface area (Å²) in [6, 6.07) is 7.19. The number of aromatic nitrogens is 2. The minimum absolute atomic E-state index is 0.0582. The van der Waals surface area contributed by atoms with Crippen LogP contribution < -0.4 is 16.0 Å². The van der Waals surface area contributed by atoms with E-state index >= 15 is 4.39 Å². The molecule has 3 N–H and O–H groups in total. The van der Waals surface area contributed by atoms with Gasteiger partial charge in [-0.05, 0) is 54.8 Å². The topological polar surface area (TPSA) is 113 Å². The van der Waals surface area contributed by atoms with Crippen LogP contribution in [0.2, 0.25) is 0 Å². The number of hydrogen-bond acceptors (Lipinski definition) is 7. The molecule has 4 rings (SSSR count). The largest absolute Gasteiger partial charge is 0.348 e. The summed E-state index contributed by atoms with van der Waals surface area (Å²) in [6.07, 6.45) is 3.09. The van der Waals surface area contributed by atoms with Crippen molar-refractivity contribution in [2.45, 2.75) is 13.8 Å². The van der Waals surface area contributed by atoms with E-state index in [1.54, 1.807) is 49.1 Å². The van der Waals surface area contributed by atoms with Crippen LogP contribution in [-0.2, 0) is 0 Å². The lowest BCUT2D eigenvalue weighted by atomic mass is 9.92. The first kappa shape index (κ1) is 25.9. The summed E-state index contributed by atoms with van der Waals surface area (Å²) < 4.78 is 15.0. The third-order valence-corrected chi connectivity index (χ3v) is 6.66. The first-order valence-corrected chi connectivity index (χ1v) is 12.8. The van der Waals surface area contributed by atoms with Crippen molar-refractivity contribution in [1.29, 1.82) is 0 Å². The highest BCUT2D eigenvalue weighted by Gasteiger charge is 2.21. The summed E-state index contributed by atoms with van der Waals surface area (Å²) in [7, 11) is 0. The van der Waals surface area contributed by atoms with E-state index in [-0.39, 0.29) is 28.8 Å². The Morgan fingerprint density at radius 3 is 2.14 bits per heavy atom. The summed E-state index contributed by atoms with van der Waals surface area (Å²) in [5, 5.41) is 12.2. The Kier molecular flexibility index (Phi) is 7.85. The van der Waals surface area contributed by atoms with Gasteiger partial charge in [0.2, 0.25) is 0 Å². The van der Waals surface area contributed by atoms with E-state index in [0.29, 0.717) is 21.4 Å². The summed E-state index contributed by atoms with van der Waals surface area (Å²) >= 11 is 2.47.